The fraction of sp³-hybridized carbons (Fsp3) is 0.438. The standard InChI is InChI=1S/C16H22BrN3/c1-3-10-19-15(18-2)20-12-16(8-5-9-16)13-6-4-7-14(17)11-13/h3-4,6-7,11H,1,5,8-10,12H2,2H3,(H2,18,19,20). The number of nitrogens with zero attached hydrogens (tertiary/aromatic N) is 1. The highest BCUT2D eigenvalue weighted by atomic mass is 79.9. The highest BCUT2D eigenvalue weighted by Crippen LogP contribution is 2.43. The van der Waals surface area contributed by atoms with Gasteiger partial charge in [0.1, 0.15) is 0 Å². The number of hydrogen-bond donors (Lipinski definition) is 2. The second kappa shape index (κ2) is 6.93. The molecule has 20 heavy (non-hydrogen) atoms. The van der Waals surface area contributed by atoms with Gasteiger partial charge in [-0.25, -0.2) is 0 Å². The summed E-state index contributed by atoms with van der Waals surface area (Å²) in [6.07, 6.45) is 5.59. The minimum Gasteiger partial charge on any atom is -0.356 e. The lowest BCUT2D eigenvalue weighted by molar-refractivity contribution is 0.244. The first kappa shape index (κ1) is 15.1. The fourth-order valence-corrected chi connectivity index (χ4v) is 3.03. The second-order valence-corrected chi connectivity index (χ2v) is 6.16. The van der Waals surface area contributed by atoms with Crippen LogP contribution in [-0.4, -0.2) is 26.1 Å². The van der Waals surface area contributed by atoms with E-state index in [-0.39, 0.29) is 5.41 Å². The van der Waals surface area contributed by atoms with Crippen molar-refractivity contribution in [3.63, 3.8) is 0 Å². The summed E-state index contributed by atoms with van der Waals surface area (Å²) in [5, 5.41) is 6.66. The maximum Gasteiger partial charge on any atom is 0.191 e. The van der Waals surface area contributed by atoms with Crippen molar-refractivity contribution in [3.05, 3.63) is 47.0 Å². The van der Waals surface area contributed by atoms with E-state index in [1.807, 2.05) is 6.08 Å². The van der Waals surface area contributed by atoms with Crippen LogP contribution in [0.2, 0.25) is 0 Å². The van der Waals surface area contributed by atoms with Gasteiger partial charge in [0.15, 0.2) is 5.96 Å². The van der Waals surface area contributed by atoms with E-state index >= 15 is 0 Å². The van der Waals surface area contributed by atoms with Crippen LogP contribution in [0.1, 0.15) is 24.8 Å². The van der Waals surface area contributed by atoms with Gasteiger partial charge in [-0.1, -0.05) is 40.6 Å². The third kappa shape index (κ3) is 3.42. The van der Waals surface area contributed by atoms with Gasteiger partial charge in [0.2, 0.25) is 0 Å². The van der Waals surface area contributed by atoms with Gasteiger partial charge in [0.25, 0.3) is 0 Å². The van der Waals surface area contributed by atoms with Crippen LogP contribution in [0.5, 0.6) is 0 Å². The van der Waals surface area contributed by atoms with E-state index in [0.29, 0.717) is 0 Å². The van der Waals surface area contributed by atoms with Gasteiger partial charge in [0.05, 0.1) is 0 Å². The molecule has 0 saturated heterocycles. The molecule has 0 amide bonds. The molecule has 0 bridgehead atoms. The van der Waals surface area contributed by atoms with Crippen molar-refractivity contribution >= 4 is 21.9 Å². The van der Waals surface area contributed by atoms with Crippen LogP contribution in [0.4, 0.5) is 0 Å². The normalized spacial score (nSPS) is 17.2. The molecule has 1 fully saturated rings. The molecule has 0 aliphatic heterocycles. The Hall–Kier alpha value is -1.29. The molecule has 1 aliphatic carbocycles. The Morgan fingerprint density at radius 1 is 1.45 bits per heavy atom. The van der Waals surface area contributed by atoms with E-state index in [4.69, 9.17) is 0 Å². The van der Waals surface area contributed by atoms with Crippen molar-refractivity contribution in [1.29, 1.82) is 0 Å². The number of hydrogen-bond acceptors (Lipinski definition) is 1. The maximum absolute atomic E-state index is 4.24. The Morgan fingerprint density at radius 2 is 2.25 bits per heavy atom. The predicted octanol–water partition coefficient (Wildman–Crippen LogP) is 3.22. The molecule has 0 spiro atoms. The third-order valence-corrected chi connectivity index (χ3v) is 4.47. The van der Waals surface area contributed by atoms with Crippen LogP contribution in [0.3, 0.4) is 0 Å². The molecule has 1 aliphatic rings. The van der Waals surface area contributed by atoms with E-state index < -0.39 is 0 Å². The van der Waals surface area contributed by atoms with E-state index in [9.17, 15) is 0 Å². The van der Waals surface area contributed by atoms with E-state index in [1.165, 1.54) is 24.8 Å². The first-order valence-corrected chi connectivity index (χ1v) is 7.81. The highest BCUT2D eigenvalue weighted by molar-refractivity contribution is 9.10. The van der Waals surface area contributed by atoms with Crippen molar-refractivity contribution in [2.45, 2.75) is 24.7 Å². The van der Waals surface area contributed by atoms with Crippen LogP contribution < -0.4 is 10.6 Å². The van der Waals surface area contributed by atoms with Crippen molar-refractivity contribution in [1.82, 2.24) is 10.6 Å². The summed E-state index contributed by atoms with van der Waals surface area (Å²) >= 11 is 3.57. The number of guanidine groups is 1. The Labute approximate surface area is 129 Å². The van der Waals surface area contributed by atoms with Gasteiger partial charge < -0.3 is 10.6 Å². The molecule has 4 heteroatoms. The summed E-state index contributed by atoms with van der Waals surface area (Å²) in [6, 6.07) is 8.66. The summed E-state index contributed by atoms with van der Waals surface area (Å²) in [5.41, 5.74) is 1.65. The zero-order valence-corrected chi connectivity index (χ0v) is 13.5. The summed E-state index contributed by atoms with van der Waals surface area (Å²) in [6.45, 7) is 5.35. The topological polar surface area (TPSA) is 36.4 Å². The van der Waals surface area contributed by atoms with Crippen molar-refractivity contribution < 1.29 is 0 Å². The van der Waals surface area contributed by atoms with E-state index in [0.717, 1.165) is 23.5 Å². The first-order chi connectivity index (χ1) is 9.70. The minimum absolute atomic E-state index is 0.246. The van der Waals surface area contributed by atoms with Crippen molar-refractivity contribution in [2.75, 3.05) is 20.1 Å². The average molecular weight is 336 g/mol. The number of aliphatic imine (C=N–C) groups is 1. The van der Waals surface area contributed by atoms with Crippen LogP contribution in [0, 0.1) is 0 Å². The molecule has 3 nitrogen and oxygen atoms in total. The Bertz CT molecular complexity index is 492. The smallest absolute Gasteiger partial charge is 0.191 e. The van der Waals surface area contributed by atoms with Crippen molar-refractivity contribution in [3.8, 4) is 0 Å². The second-order valence-electron chi connectivity index (χ2n) is 5.24. The van der Waals surface area contributed by atoms with Gasteiger partial charge in [-0.3, -0.25) is 4.99 Å². The molecule has 0 atom stereocenters. The Balaban J connectivity index is 2.03. The number of rotatable bonds is 5. The number of nitrogens with one attached hydrogen (secondary N) is 2. The van der Waals surface area contributed by atoms with Crippen LogP contribution in [0.25, 0.3) is 0 Å². The van der Waals surface area contributed by atoms with Gasteiger partial charge in [0, 0.05) is 30.0 Å². The molecular weight excluding hydrogens is 314 g/mol. The summed E-state index contributed by atoms with van der Waals surface area (Å²) < 4.78 is 1.15. The SMILES string of the molecule is C=CCNC(=NC)NCC1(c2cccc(Br)c2)CCC1. The lowest BCUT2D eigenvalue weighted by atomic mass is 9.64. The number of benzene rings is 1. The monoisotopic (exact) mass is 335 g/mol. The zero-order valence-electron chi connectivity index (χ0n) is 12.0. The van der Waals surface area contributed by atoms with Crippen LogP contribution in [0.15, 0.2) is 46.4 Å². The van der Waals surface area contributed by atoms with Crippen molar-refractivity contribution in [2.24, 2.45) is 4.99 Å². The van der Waals surface area contributed by atoms with E-state index in [2.05, 4.69) is 62.4 Å². The molecule has 1 saturated carbocycles. The quantitative estimate of drug-likeness (QED) is 0.492. The lowest BCUT2D eigenvalue weighted by Gasteiger charge is -2.43. The zero-order chi connectivity index (χ0) is 14.4. The fourth-order valence-electron chi connectivity index (χ4n) is 2.63. The van der Waals surface area contributed by atoms with Gasteiger partial charge >= 0.3 is 0 Å². The van der Waals surface area contributed by atoms with E-state index in [1.54, 1.807) is 7.05 Å². The van der Waals surface area contributed by atoms with Gasteiger partial charge in [-0.2, -0.15) is 0 Å². The molecule has 0 radical (unpaired) electrons. The molecule has 108 valence electrons. The lowest BCUT2D eigenvalue weighted by Crippen LogP contribution is -2.48. The molecule has 1 aromatic carbocycles. The van der Waals surface area contributed by atoms with Crippen LogP contribution in [-0.2, 0) is 5.41 Å². The largest absolute Gasteiger partial charge is 0.356 e. The molecule has 0 aromatic heterocycles. The molecular formula is C16H22BrN3. The number of halogens is 1. The minimum atomic E-state index is 0.246. The Kier molecular flexibility index (Phi) is 5.24. The van der Waals surface area contributed by atoms with Gasteiger partial charge in [-0.05, 0) is 30.5 Å². The Morgan fingerprint density at radius 3 is 2.80 bits per heavy atom. The average Bonchev–Trinajstić information content (AvgIpc) is 2.41. The summed E-state index contributed by atoms with van der Waals surface area (Å²) in [4.78, 5) is 4.24. The molecule has 1 aromatic rings. The van der Waals surface area contributed by atoms with Gasteiger partial charge in [-0.15, -0.1) is 6.58 Å². The first-order valence-electron chi connectivity index (χ1n) is 7.02. The third-order valence-electron chi connectivity index (χ3n) is 3.98. The predicted molar refractivity (Wildman–Crippen MR) is 89.2 cm³/mol. The molecule has 0 unspecified atom stereocenters. The maximum atomic E-state index is 4.24. The summed E-state index contributed by atoms with van der Waals surface area (Å²) in [7, 11) is 1.80. The van der Waals surface area contributed by atoms with Crippen LogP contribution >= 0.6 is 15.9 Å². The summed E-state index contributed by atoms with van der Waals surface area (Å²) in [5.74, 6) is 0.839. The molecule has 2 N–H and O–H groups in total. The highest BCUT2D eigenvalue weighted by Gasteiger charge is 2.38. The molecule has 2 rings (SSSR count). The molecule has 0 heterocycles.